The molecule has 0 unspecified atom stereocenters. The monoisotopic (exact) mass is 189 g/mol. The Kier molecular flexibility index (Phi) is 4.26. The Morgan fingerprint density at radius 1 is 1.64 bits per heavy atom. The molecule has 0 aromatic carbocycles. The Morgan fingerprint density at radius 3 is 2.55 bits per heavy atom. The number of alkyl halides is 2. The van der Waals surface area contributed by atoms with Gasteiger partial charge in [0, 0.05) is 0 Å². The van der Waals surface area contributed by atoms with Gasteiger partial charge in [0.05, 0.1) is 7.11 Å². The molecular weight excluding hydrogens is 186 g/mol. The maximum atomic E-state index is 12.1. The summed E-state index contributed by atoms with van der Waals surface area (Å²) in [7, 11) is 0.773. The van der Waals surface area contributed by atoms with E-state index < -0.39 is 23.3 Å². The Bertz CT molecular complexity index is 140. The fourth-order valence-corrected chi connectivity index (χ4v) is 0.474. The molecule has 0 atom stereocenters. The summed E-state index contributed by atoms with van der Waals surface area (Å²) in [5.41, 5.74) is 0. The van der Waals surface area contributed by atoms with Gasteiger partial charge >= 0.3 is 11.2 Å². The molecule has 0 aromatic rings. The van der Waals surface area contributed by atoms with Crippen LogP contribution in [-0.2, 0) is 18.9 Å². The number of carbonyl (C=O) groups is 1. The van der Waals surface area contributed by atoms with Crippen LogP contribution in [-0.4, -0.2) is 18.3 Å². The molecule has 11 heavy (non-hydrogen) atoms. The van der Waals surface area contributed by atoms with E-state index in [9.17, 15) is 13.6 Å². The van der Waals surface area contributed by atoms with Gasteiger partial charge in [0.1, 0.15) is 12.0 Å². The van der Waals surface area contributed by atoms with Crippen molar-refractivity contribution in [1.82, 2.24) is 0 Å². The third-order valence-electron chi connectivity index (χ3n) is 0.589. The van der Waals surface area contributed by atoms with Gasteiger partial charge in [-0.2, -0.15) is 13.1 Å². The van der Waals surface area contributed by atoms with E-state index in [1.54, 1.807) is 0 Å². The standard InChI is InChI=1S/C3H4F2O5S/c1-8-2(6)3(4,5)11-10-9-7/h7H,1H3/p-1. The lowest BCUT2D eigenvalue weighted by Gasteiger charge is -2.11. The molecule has 0 aliphatic heterocycles. The second kappa shape index (κ2) is 4.44. The highest BCUT2D eigenvalue weighted by atomic mass is 32.2. The molecule has 0 fully saturated rings. The van der Waals surface area contributed by atoms with Crippen LogP contribution in [0.1, 0.15) is 0 Å². The van der Waals surface area contributed by atoms with Gasteiger partial charge in [0.25, 0.3) is 0 Å². The highest BCUT2D eigenvalue weighted by Gasteiger charge is 2.43. The van der Waals surface area contributed by atoms with Gasteiger partial charge < -0.3 is 9.99 Å². The average molecular weight is 189 g/mol. The van der Waals surface area contributed by atoms with Crippen molar-refractivity contribution in [3.05, 3.63) is 0 Å². The Labute approximate surface area is 64.3 Å². The van der Waals surface area contributed by atoms with Crippen LogP contribution < -0.4 is 5.26 Å². The Balaban J connectivity index is 3.88. The molecule has 5 nitrogen and oxygen atoms in total. The highest BCUT2D eigenvalue weighted by molar-refractivity contribution is 7.96. The zero-order valence-corrected chi connectivity index (χ0v) is 6.02. The van der Waals surface area contributed by atoms with Crippen LogP contribution in [0.4, 0.5) is 8.78 Å². The van der Waals surface area contributed by atoms with Crippen LogP contribution in [0.25, 0.3) is 0 Å². The van der Waals surface area contributed by atoms with Gasteiger partial charge in [-0.3, -0.25) is 5.04 Å². The predicted molar refractivity (Wildman–Crippen MR) is 26.7 cm³/mol. The minimum absolute atomic E-state index is 0.731. The van der Waals surface area contributed by atoms with Crippen molar-refractivity contribution in [2.75, 3.05) is 7.11 Å². The molecule has 0 aliphatic carbocycles. The van der Waals surface area contributed by atoms with Crippen molar-refractivity contribution < 1.29 is 32.9 Å². The van der Waals surface area contributed by atoms with Crippen molar-refractivity contribution in [1.29, 1.82) is 0 Å². The third kappa shape index (κ3) is 3.46. The Hall–Kier alpha value is -0.440. The summed E-state index contributed by atoms with van der Waals surface area (Å²) in [5.74, 6) is -1.82. The van der Waals surface area contributed by atoms with E-state index in [4.69, 9.17) is 5.26 Å². The fraction of sp³-hybridized carbons (Fsp3) is 0.667. The first-order valence-corrected chi connectivity index (χ1v) is 2.89. The molecular formula is C3H3F2O5S-. The third-order valence-corrected chi connectivity index (χ3v) is 1.09. The summed E-state index contributed by atoms with van der Waals surface area (Å²) in [6, 6.07) is 0. The van der Waals surface area contributed by atoms with E-state index in [0.717, 1.165) is 7.11 Å². The van der Waals surface area contributed by atoms with Gasteiger partial charge in [-0.05, 0) is 0 Å². The molecule has 0 radical (unpaired) electrons. The summed E-state index contributed by atoms with van der Waals surface area (Å²) in [6.45, 7) is 0. The van der Waals surface area contributed by atoms with Crippen LogP contribution in [0.5, 0.6) is 0 Å². The molecule has 0 saturated heterocycles. The molecule has 0 aromatic heterocycles. The van der Waals surface area contributed by atoms with Gasteiger partial charge in [0.15, 0.2) is 0 Å². The highest BCUT2D eigenvalue weighted by Crippen LogP contribution is 2.30. The smallest absolute Gasteiger partial charge is 0.415 e. The first-order valence-electron chi connectivity index (χ1n) is 2.15. The molecule has 0 heterocycles. The van der Waals surface area contributed by atoms with Crippen molar-refractivity contribution in [2.24, 2.45) is 0 Å². The first kappa shape index (κ1) is 10.6. The number of esters is 1. The van der Waals surface area contributed by atoms with Crippen LogP contribution >= 0.6 is 12.0 Å². The number of carbonyl (C=O) groups excluding carboxylic acids is 1. The van der Waals surface area contributed by atoms with Crippen LogP contribution in [0.15, 0.2) is 0 Å². The van der Waals surface area contributed by atoms with Gasteiger partial charge in [0.2, 0.25) is 0 Å². The SMILES string of the molecule is COC(=O)C(F)(F)SOO[O-]. The maximum absolute atomic E-state index is 12.1. The van der Waals surface area contributed by atoms with Crippen LogP contribution in [0, 0.1) is 0 Å². The zero-order valence-electron chi connectivity index (χ0n) is 5.21. The van der Waals surface area contributed by atoms with E-state index >= 15 is 0 Å². The van der Waals surface area contributed by atoms with E-state index in [0.29, 0.717) is 0 Å². The number of hydrogen-bond donors (Lipinski definition) is 0. The normalized spacial score (nSPS) is 11.3. The lowest BCUT2D eigenvalue weighted by Crippen LogP contribution is -2.26. The quantitative estimate of drug-likeness (QED) is 0.260. The fourth-order valence-electron chi connectivity index (χ4n) is 0.209. The molecule has 0 saturated carbocycles. The second-order valence-electron chi connectivity index (χ2n) is 1.23. The molecule has 66 valence electrons. The van der Waals surface area contributed by atoms with E-state index in [1.807, 2.05) is 0 Å². The largest absolute Gasteiger partial charge is 0.691 e. The number of methoxy groups -OCH3 is 1. The number of ether oxygens (including phenoxy) is 1. The summed E-state index contributed by atoms with van der Waals surface area (Å²) in [6.07, 6.45) is 0. The summed E-state index contributed by atoms with van der Waals surface area (Å²) < 4.78 is 31.2. The molecule has 0 aliphatic rings. The number of rotatable bonds is 4. The molecule has 0 amide bonds. The van der Waals surface area contributed by atoms with Crippen molar-refractivity contribution in [3.63, 3.8) is 0 Å². The first-order chi connectivity index (χ1) is 5.04. The van der Waals surface area contributed by atoms with Gasteiger partial charge in [-0.25, -0.2) is 4.79 Å². The van der Waals surface area contributed by atoms with E-state index in [-0.39, 0.29) is 0 Å². The Morgan fingerprint density at radius 2 is 2.18 bits per heavy atom. The molecule has 0 bridgehead atoms. The summed E-state index contributed by atoms with van der Waals surface area (Å²) >= 11 is -0.731. The molecule has 8 heteroatoms. The van der Waals surface area contributed by atoms with Crippen LogP contribution in [0.3, 0.4) is 0 Å². The minimum Gasteiger partial charge on any atom is -0.691 e. The van der Waals surface area contributed by atoms with Gasteiger partial charge in [-0.15, -0.1) is 0 Å². The lowest BCUT2D eigenvalue weighted by molar-refractivity contribution is -0.777. The average Bonchev–Trinajstić information content (AvgIpc) is 1.99. The van der Waals surface area contributed by atoms with Crippen molar-refractivity contribution in [2.45, 2.75) is 5.25 Å². The van der Waals surface area contributed by atoms with Crippen molar-refractivity contribution >= 4 is 18.0 Å². The van der Waals surface area contributed by atoms with Crippen LogP contribution in [0.2, 0.25) is 0 Å². The van der Waals surface area contributed by atoms with E-state index in [1.165, 1.54) is 0 Å². The molecule has 0 rings (SSSR count). The maximum Gasteiger partial charge on any atom is 0.415 e. The topological polar surface area (TPSA) is 67.8 Å². The number of halogens is 2. The van der Waals surface area contributed by atoms with Gasteiger partial charge in [-0.1, -0.05) is 0 Å². The number of hydrogen-bond acceptors (Lipinski definition) is 6. The lowest BCUT2D eigenvalue weighted by atomic mass is 10.7. The summed E-state index contributed by atoms with van der Waals surface area (Å²) in [4.78, 5) is 10.1. The van der Waals surface area contributed by atoms with Crippen molar-refractivity contribution in [3.8, 4) is 0 Å². The molecule has 0 N–H and O–H groups in total. The zero-order chi connectivity index (χ0) is 8.91. The summed E-state index contributed by atoms with van der Waals surface area (Å²) in [5, 5.41) is 7.73. The minimum atomic E-state index is -3.93. The predicted octanol–water partition coefficient (Wildman–Crippen LogP) is -0.376. The van der Waals surface area contributed by atoms with E-state index in [2.05, 4.69) is 14.1 Å². The molecule has 0 spiro atoms. The second-order valence-corrected chi connectivity index (χ2v) is 2.04.